The second kappa shape index (κ2) is 8.01. The molecule has 1 aromatic rings. The topological polar surface area (TPSA) is 53.8 Å². The summed E-state index contributed by atoms with van der Waals surface area (Å²) < 4.78 is 5.53. The van der Waals surface area contributed by atoms with E-state index in [0.717, 1.165) is 29.5 Å². The van der Waals surface area contributed by atoms with Crippen molar-refractivity contribution in [3.63, 3.8) is 0 Å². The van der Waals surface area contributed by atoms with Crippen LogP contribution in [0.1, 0.15) is 6.92 Å². The molecule has 5 heteroatoms. The summed E-state index contributed by atoms with van der Waals surface area (Å²) in [5.74, 6) is 2.96. The number of hydrogen-bond donors (Lipinski definition) is 2. The van der Waals surface area contributed by atoms with Gasteiger partial charge in [0.2, 0.25) is 0 Å². The molecule has 0 bridgehead atoms. The monoisotopic (exact) mass is 240 g/mol. The molecule has 0 heterocycles. The zero-order chi connectivity index (χ0) is 11.6. The quantitative estimate of drug-likeness (QED) is 0.333. The van der Waals surface area contributed by atoms with Gasteiger partial charge in [-0.1, -0.05) is 6.92 Å². The molecule has 0 atom stereocenters. The summed E-state index contributed by atoms with van der Waals surface area (Å²) in [4.78, 5) is 3.93. The molecule has 0 unspecified atom stereocenters. The smallest absolute Gasteiger partial charge is 0.119 e. The van der Waals surface area contributed by atoms with E-state index in [1.165, 1.54) is 6.34 Å². The Hall–Kier alpha value is -1.20. The third-order valence-electron chi connectivity index (χ3n) is 1.81. The van der Waals surface area contributed by atoms with E-state index in [4.69, 9.17) is 9.94 Å². The van der Waals surface area contributed by atoms with Gasteiger partial charge in [0.15, 0.2) is 0 Å². The molecule has 0 amide bonds. The van der Waals surface area contributed by atoms with Gasteiger partial charge >= 0.3 is 0 Å². The average molecular weight is 240 g/mol. The number of thioether (sulfide) groups is 1. The number of hydroxylamine groups is 1. The normalized spacial score (nSPS) is 10.6. The Balaban J connectivity index is 2.36. The lowest BCUT2D eigenvalue weighted by molar-refractivity contribution is 0.240. The van der Waals surface area contributed by atoms with E-state index >= 15 is 0 Å². The molecule has 0 fully saturated rings. The Bertz CT molecular complexity index is 314. The van der Waals surface area contributed by atoms with E-state index in [1.807, 2.05) is 41.5 Å². The number of ether oxygens (including phenoxy) is 1. The highest BCUT2D eigenvalue weighted by Gasteiger charge is 1.94. The maximum atomic E-state index is 8.32. The van der Waals surface area contributed by atoms with E-state index < -0.39 is 0 Å². The van der Waals surface area contributed by atoms with Crippen LogP contribution in [0.15, 0.2) is 29.3 Å². The van der Waals surface area contributed by atoms with Gasteiger partial charge in [0.1, 0.15) is 12.1 Å². The predicted molar refractivity (Wildman–Crippen MR) is 68.0 cm³/mol. The summed E-state index contributed by atoms with van der Waals surface area (Å²) in [6, 6.07) is 7.38. The lowest BCUT2D eigenvalue weighted by Crippen LogP contribution is -2.01. The molecule has 4 nitrogen and oxygen atoms in total. The van der Waals surface area contributed by atoms with Crippen molar-refractivity contribution in [1.82, 2.24) is 5.48 Å². The molecule has 0 aliphatic carbocycles. The van der Waals surface area contributed by atoms with Gasteiger partial charge in [-0.05, 0) is 30.0 Å². The van der Waals surface area contributed by atoms with E-state index in [9.17, 15) is 0 Å². The zero-order valence-corrected chi connectivity index (χ0v) is 10.0. The Kier molecular flexibility index (Phi) is 6.44. The number of nitrogens with zero attached hydrogens (tertiary/aromatic N) is 1. The van der Waals surface area contributed by atoms with Gasteiger partial charge in [-0.15, -0.1) is 0 Å². The maximum absolute atomic E-state index is 8.32. The molecule has 0 saturated carbocycles. The summed E-state index contributed by atoms with van der Waals surface area (Å²) in [5.41, 5.74) is 2.61. The lowest BCUT2D eigenvalue weighted by atomic mass is 10.3. The van der Waals surface area contributed by atoms with Crippen LogP contribution < -0.4 is 10.2 Å². The van der Waals surface area contributed by atoms with Gasteiger partial charge in [0, 0.05) is 5.75 Å². The van der Waals surface area contributed by atoms with E-state index in [-0.39, 0.29) is 0 Å². The van der Waals surface area contributed by atoms with Gasteiger partial charge in [-0.25, -0.2) is 4.99 Å². The molecule has 16 heavy (non-hydrogen) atoms. The molecule has 0 aliphatic rings. The standard InChI is InChI=1S/C11H16N2O2S/c1-2-16-8-7-15-11-5-3-10(4-6-11)12-9-13-14/h3-6,9,14H,2,7-8H2,1H3,(H,12,13). The van der Waals surface area contributed by atoms with Crippen LogP contribution >= 0.6 is 11.8 Å². The third kappa shape index (κ3) is 5.04. The Morgan fingerprint density at radius 1 is 1.44 bits per heavy atom. The summed E-state index contributed by atoms with van der Waals surface area (Å²) in [5, 5.41) is 8.32. The molecule has 0 saturated heterocycles. The van der Waals surface area contributed by atoms with Gasteiger partial charge in [0.05, 0.1) is 12.3 Å². The number of benzene rings is 1. The van der Waals surface area contributed by atoms with Crippen LogP contribution in [0.2, 0.25) is 0 Å². The summed E-state index contributed by atoms with van der Waals surface area (Å²) in [7, 11) is 0. The van der Waals surface area contributed by atoms with Crippen molar-refractivity contribution < 1.29 is 9.94 Å². The molecule has 0 aromatic heterocycles. The molecular weight excluding hydrogens is 224 g/mol. The minimum absolute atomic E-state index is 0.722. The van der Waals surface area contributed by atoms with Crippen LogP contribution in [-0.2, 0) is 0 Å². The SMILES string of the molecule is CCSCCOc1ccc(N=CNO)cc1. The number of rotatable bonds is 7. The van der Waals surface area contributed by atoms with E-state index in [2.05, 4.69) is 11.9 Å². The first kappa shape index (κ1) is 12.9. The molecule has 0 aliphatic heterocycles. The van der Waals surface area contributed by atoms with Crippen molar-refractivity contribution in [2.75, 3.05) is 18.1 Å². The van der Waals surface area contributed by atoms with Crippen LogP contribution in [0.3, 0.4) is 0 Å². The van der Waals surface area contributed by atoms with Crippen LogP contribution in [-0.4, -0.2) is 29.7 Å². The van der Waals surface area contributed by atoms with Gasteiger partial charge in [-0.3, -0.25) is 10.7 Å². The van der Waals surface area contributed by atoms with Crippen molar-refractivity contribution in [2.45, 2.75) is 6.92 Å². The van der Waals surface area contributed by atoms with Gasteiger partial charge in [0.25, 0.3) is 0 Å². The summed E-state index contributed by atoms with van der Waals surface area (Å²) >= 11 is 1.86. The largest absolute Gasteiger partial charge is 0.493 e. The van der Waals surface area contributed by atoms with Crippen molar-refractivity contribution in [3.05, 3.63) is 24.3 Å². The van der Waals surface area contributed by atoms with Crippen LogP contribution in [0.25, 0.3) is 0 Å². The third-order valence-corrected chi connectivity index (χ3v) is 2.67. The Labute approximate surface area is 99.7 Å². The van der Waals surface area contributed by atoms with Crippen LogP contribution in [0.4, 0.5) is 5.69 Å². The molecule has 1 aromatic carbocycles. The first-order valence-electron chi connectivity index (χ1n) is 5.09. The molecule has 88 valence electrons. The second-order valence-corrected chi connectivity index (χ2v) is 4.32. The fourth-order valence-corrected chi connectivity index (χ4v) is 1.58. The lowest BCUT2D eigenvalue weighted by Gasteiger charge is -2.05. The molecule has 0 radical (unpaired) electrons. The first-order chi connectivity index (χ1) is 7.86. The minimum Gasteiger partial charge on any atom is -0.493 e. The van der Waals surface area contributed by atoms with Crippen LogP contribution in [0, 0.1) is 0 Å². The zero-order valence-electron chi connectivity index (χ0n) is 9.22. The highest BCUT2D eigenvalue weighted by atomic mass is 32.2. The average Bonchev–Trinajstić information content (AvgIpc) is 2.33. The van der Waals surface area contributed by atoms with Gasteiger partial charge < -0.3 is 4.74 Å². The van der Waals surface area contributed by atoms with Crippen molar-refractivity contribution in [1.29, 1.82) is 0 Å². The summed E-state index contributed by atoms with van der Waals surface area (Å²) in [6.07, 6.45) is 1.22. The second-order valence-electron chi connectivity index (χ2n) is 2.93. The highest BCUT2D eigenvalue weighted by Crippen LogP contribution is 2.17. The Morgan fingerprint density at radius 3 is 2.81 bits per heavy atom. The number of hydrogen-bond acceptors (Lipinski definition) is 4. The Morgan fingerprint density at radius 2 is 2.19 bits per heavy atom. The predicted octanol–water partition coefficient (Wildman–Crippen LogP) is 2.46. The number of aliphatic imine (C=N–C) groups is 1. The minimum atomic E-state index is 0.722. The fourth-order valence-electron chi connectivity index (χ4n) is 1.09. The highest BCUT2D eigenvalue weighted by molar-refractivity contribution is 7.99. The summed E-state index contributed by atoms with van der Waals surface area (Å²) in [6.45, 7) is 2.85. The maximum Gasteiger partial charge on any atom is 0.119 e. The van der Waals surface area contributed by atoms with Gasteiger partial charge in [-0.2, -0.15) is 11.8 Å². The van der Waals surface area contributed by atoms with Crippen molar-refractivity contribution >= 4 is 23.8 Å². The molecule has 0 spiro atoms. The fraction of sp³-hybridized carbons (Fsp3) is 0.364. The van der Waals surface area contributed by atoms with Crippen LogP contribution in [0.5, 0.6) is 5.75 Å². The van der Waals surface area contributed by atoms with Crippen molar-refractivity contribution in [3.8, 4) is 5.75 Å². The van der Waals surface area contributed by atoms with E-state index in [1.54, 1.807) is 0 Å². The van der Waals surface area contributed by atoms with E-state index in [0.29, 0.717) is 0 Å². The molecule has 2 N–H and O–H groups in total. The first-order valence-corrected chi connectivity index (χ1v) is 6.25. The number of nitrogens with one attached hydrogen (secondary N) is 1. The molecular formula is C11H16N2O2S. The molecule has 1 rings (SSSR count). The van der Waals surface area contributed by atoms with Crippen molar-refractivity contribution in [2.24, 2.45) is 4.99 Å².